The van der Waals surface area contributed by atoms with E-state index in [4.69, 9.17) is 16.7 Å². The summed E-state index contributed by atoms with van der Waals surface area (Å²) in [5.41, 5.74) is -0.0713. The van der Waals surface area contributed by atoms with Gasteiger partial charge in [0.05, 0.1) is 15.6 Å². The average Bonchev–Trinajstić information content (AvgIpc) is 2.41. The number of rotatable bonds is 3. The Kier molecular flexibility index (Phi) is 4.59. The molecular weight excluding hydrogens is 365 g/mol. The Hall–Kier alpha value is -1.92. The highest BCUT2D eigenvalue weighted by atomic mass is 79.9. The van der Waals surface area contributed by atoms with E-state index in [0.29, 0.717) is 0 Å². The van der Waals surface area contributed by atoms with Gasteiger partial charge in [0.1, 0.15) is 5.82 Å². The molecule has 4 nitrogen and oxygen atoms in total. The molecule has 0 saturated carbocycles. The molecule has 2 aromatic rings. The van der Waals surface area contributed by atoms with E-state index in [1.165, 1.54) is 36.4 Å². The predicted molar refractivity (Wildman–Crippen MR) is 80.5 cm³/mol. The highest BCUT2D eigenvalue weighted by molar-refractivity contribution is 9.10. The Bertz CT molecular complexity index is 736. The molecule has 0 radical (unpaired) electrons. The van der Waals surface area contributed by atoms with E-state index in [-0.39, 0.29) is 26.3 Å². The Labute approximate surface area is 132 Å². The average molecular weight is 373 g/mol. The van der Waals surface area contributed by atoms with Gasteiger partial charge < -0.3 is 10.4 Å². The molecule has 0 spiro atoms. The van der Waals surface area contributed by atoms with Gasteiger partial charge in [-0.1, -0.05) is 17.7 Å². The third-order valence-electron chi connectivity index (χ3n) is 2.60. The van der Waals surface area contributed by atoms with Crippen LogP contribution in [0, 0.1) is 5.82 Å². The molecule has 2 N–H and O–H groups in total. The summed E-state index contributed by atoms with van der Waals surface area (Å²) in [4.78, 5) is 22.9. The van der Waals surface area contributed by atoms with Crippen molar-refractivity contribution in [2.45, 2.75) is 0 Å². The molecule has 2 rings (SSSR count). The summed E-state index contributed by atoms with van der Waals surface area (Å²) >= 11 is 8.77. The van der Waals surface area contributed by atoms with Crippen molar-refractivity contribution in [2.24, 2.45) is 0 Å². The minimum atomic E-state index is -1.18. The van der Waals surface area contributed by atoms with E-state index in [0.717, 1.165) is 0 Å². The number of nitrogens with one attached hydrogen (secondary N) is 1. The molecule has 0 aliphatic rings. The Morgan fingerprint density at radius 3 is 2.62 bits per heavy atom. The van der Waals surface area contributed by atoms with E-state index >= 15 is 0 Å². The van der Waals surface area contributed by atoms with E-state index in [9.17, 15) is 14.0 Å². The lowest BCUT2D eigenvalue weighted by Crippen LogP contribution is -2.14. The number of benzene rings is 2. The molecule has 0 atom stereocenters. The fourth-order valence-corrected chi connectivity index (χ4v) is 2.26. The van der Waals surface area contributed by atoms with Crippen LogP contribution in [0.15, 0.2) is 40.9 Å². The zero-order valence-corrected chi connectivity index (χ0v) is 12.7. The quantitative estimate of drug-likeness (QED) is 0.849. The summed E-state index contributed by atoms with van der Waals surface area (Å²) in [6.07, 6.45) is 0. The largest absolute Gasteiger partial charge is 0.478 e. The summed E-state index contributed by atoms with van der Waals surface area (Å²) in [5.74, 6) is -2.58. The highest BCUT2D eigenvalue weighted by Gasteiger charge is 2.15. The van der Waals surface area contributed by atoms with Gasteiger partial charge in [-0.15, -0.1) is 0 Å². The first-order valence-corrected chi connectivity index (χ1v) is 6.85. The maximum absolute atomic E-state index is 13.8. The molecule has 108 valence electrons. The number of hydrogen-bond acceptors (Lipinski definition) is 2. The molecule has 0 fully saturated rings. The number of aromatic carboxylic acids is 1. The van der Waals surface area contributed by atoms with Gasteiger partial charge in [0, 0.05) is 10.7 Å². The second-order valence-electron chi connectivity index (χ2n) is 4.09. The number of halogens is 3. The SMILES string of the molecule is O=C(O)c1cc(Cl)cc(NC(=O)c2cccc(Br)c2F)c1. The van der Waals surface area contributed by atoms with Crippen molar-refractivity contribution in [3.63, 3.8) is 0 Å². The number of carboxylic acid groups (broad SMARTS) is 1. The molecule has 1 amide bonds. The summed E-state index contributed by atoms with van der Waals surface area (Å²) in [5, 5.41) is 11.5. The monoisotopic (exact) mass is 371 g/mol. The number of hydrogen-bond donors (Lipinski definition) is 2. The van der Waals surface area contributed by atoms with E-state index < -0.39 is 17.7 Å². The maximum atomic E-state index is 13.8. The Balaban J connectivity index is 2.31. The number of carbonyl (C=O) groups excluding carboxylic acids is 1. The van der Waals surface area contributed by atoms with Gasteiger partial charge in [0.25, 0.3) is 5.91 Å². The van der Waals surface area contributed by atoms with Crippen LogP contribution in [0.4, 0.5) is 10.1 Å². The van der Waals surface area contributed by atoms with Crippen molar-refractivity contribution in [3.8, 4) is 0 Å². The van der Waals surface area contributed by atoms with Crippen LogP contribution < -0.4 is 5.32 Å². The normalized spacial score (nSPS) is 10.2. The molecule has 0 heterocycles. The smallest absolute Gasteiger partial charge is 0.335 e. The molecule has 2 aromatic carbocycles. The van der Waals surface area contributed by atoms with Gasteiger partial charge in [-0.2, -0.15) is 0 Å². The first-order valence-electron chi connectivity index (χ1n) is 5.67. The number of carboxylic acids is 1. The third kappa shape index (κ3) is 3.59. The van der Waals surface area contributed by atoms with Crippen molar-refractivity contribution in [1.29, 1.82) is 0 Å². The zero-order valence-electron chi connectivity index (χ0n) is 10.4. The van der Waals surface area contributed by atoms with Gasteiger partial charge >= 0.3 is 5.97 Å². The number of anilines is 1. The Morgan fingerprint density at radius 2 is 1.95 bits per heavy atom. The molecule has 0 aliphatic carbocycles. The van der Waals surface area contributed by atoms with Crippen LogP contribution in [-0.2, 0) is 0 Å². The standard InChI is InChI=1S/C14H8BrClFNO3/c15-11-3-1-2-10(12(11)17)13(19)18-9-5-7(14(20)21)4-8(16)6-9/h1-6H,(H,18,19)(H,20,21). The van der Waals surface area contributed by atoms with Gasteiger partial charge in [0.2, 0.25) is 0 Å². The summed E-state index contributed by atoms with van der Waals surface area (Å²) < 4.78 is 14.0. The summed E-state index contributed by atoms with van der Waals surface area (Å²) in [6, 6.07) is 8.16. The molecule has 21 heavy (non-hydrogen) atoms. The first kappa shape index (κ1) is 15.5. The molecule has 0 aromatic heterocycles. The molecule has 0 saturated heterocycles. The molecule has 7 heteroatoms. The van der Waals surface area contributed by atoms with Crippen LogP contribution in [0.5, 0.6) is 0 Å². The van der Waals surface area contributed by atoms with Crippen LogP contribution in [0.25, 0.3) is 0 Å². The third-order valence-corrected chi connectivity index (χ3v) is 3.43. The van der Waals surface area contributed by atoms with Crippen LogP contribution in [0.1, 0.15) is 20.7 Å². The van der Waals surface area contributed by atoms with Crippen molar-refractivity contribution in [2.75, 3.05) is 5.32 Å². The number of amides is 1. The summed E-state index contributed by atoms with van der Waals surface area (Å²) in [7, 11) is 0. The van der Waals surface area contributed by atoms with E-state index in [2.05, 4.69) is 21.2 Å². The first-order chi connectivity index (χ1) is 9.88. The second-order valence-corrected chi connectivity index (χ2v) is 5.38. The predicted octanol–water partition coefficient (Wildman–Crippen LogP) is 4.19. The zero-order chi connectivity index (χ0) is 15.6. The van der Waals surface area contributed by atoms with Crippen molar-refractivity contribution >= 4 is 45.1 Å². The van der Waals surface area contributed by atoms with Crippen LogP contribution in [-0.4, -0.2) is 17.0 Å². The minimum absolute atomic E-state index is 0.0764. The summed E-state index contributed by atoms with van der Waals surface area (Å²) in [6.45, 7) is 0. The molecule has 0 bridgehead atoms. The van der Waals surface area contributed by atoms with Crippen molar-refractivity contribution in [3.05, 3.63) is 62.8 Å². The fraction of sp³-hybridized carbons (Fsp3) is 0. The van der Waals surface area contributed by atoms with E-state index in [1.807, 2.05) is 0 Å². The lowest BCUT2D eigenvalue weighted by molar-refractivity contribution is 0.0696. The lowest BCUT2D eigenvalue weighted by Gasteiger charge is -2.08. The van der Waals surface area contributed by atoms with Crippen molar-refractivity contribution < 1.29 is 19.1 Å². The van der Waals surface area contributed by atoms with Gasteiger partial charge in [0.15, 0.2) is 0 Å². The van der Waals surface area contributed by atoms with Crippen LogP contribution in [0.3, 0.4) is 0 Å². The topological polar surface area (TPSA) is 66.4 Å². The van der Waals surface area contributed by atoms with Crippen molar-refractivity contribution in [1.82, 2.24) is 0 Å². The number of carbonyl (C=O) groups is 2. The Morgan fingerprint density at radius 1 is 1.24 bits per heavy atom. The fourth-order valence-electron chi connectivity index (χ4n) is 1.66. The molecule has 0 unspecified atom stereocenters. The van der Waals surface area contributed by atoms with Gasteiger partial charge in [-0.05, 0) is 46.3 Å². The lowest BCUT2D eigenvalue weighted by atomic mass is 10.1. The van der Waals surface area contributed by atoms with E-state index in [1.54, 1.807) is 0 Å². The van der Waals surface area contributed by atoms with Gasteiger partial charge in [-0.3, -0.25) is 4.79 Å². The molecular formula is C14H8BrClFNO3. The van der Waals surface area contributed by atoms with Crippen LogP contribution >= 0.6 is 27.5 Å². The maximum Gasteiger partial charge on any atom is 0.335 e. The molecule has 0 aliphatic heterocycles. The minimum Gasteiger partial charge on any atom is -0.478 e. The second kappa shape index (κ2) is 6.24. The van der Waals surface area contributed by atoms with Gasteiger partial charge in [-0.25, -0.2) is 9.18 Å². The highest BCUT2D eigenvalue weighted by Crippen LogP contribution is 2.22. The van der Waals surface area contributed by atoms with Crippen LogP contribution in [0.2, 0.25) is 5.02 Å².